The third kappa shape index (κ3) is 7.53. The zero-order valence-corrected chi connectivity index (χ0v) is 15.9. The minimum absolute atomic E-state index is 0. The second-order valence-electron chi connectivity index (χ2n) is 5.99. The highest BCUT2D eigenvalue weighted by molar-refractivity contribution is 5.85. The zero-order chi connectivity index (χ0) is 15.8. The highest BCUT2D eigenvalue weighted by Gasteiger charge is 2.28. The Kier molecular flexibility index (Phi) is 12.4. The summed E-state index contributed by atoms with van der Waals surface area (Å²) in [4.78, 5) is 28.2. The van der Waals surface area contributed by atoms with Crippen LogP contribution in [-0.2, 0) is 14.3 Å². The van der Waals surface area contributed by atoms with Gasteiger partial charge in [-0.05, 0) is 19.4 Å². The lowest BCUT2D eigenvalue weighted by molar-refractivity contribution is -0.138. The Hall–Kier alpha value is -0.600. The smallest absolute Gasteiger partial charge is 0.234 e. The van der Waals surface area contributed by atoms with Crippen LogP contribution >= 0.6 is 24.8 Å². The highest BCUT2D eigenvalue weighted by atomic mass is 35.5. The topological polar surface area (TPSA) is 73.9 Å². The van der Waals surface area contributed by atoms with Crippen molar-refractivity contribution < 1.29 is 14.3 Å². The molecule has 1 unspecified atom stereocenters. The summed E-state index contributed by atoms with van der Waals surface area (Å²) in [6, 6.07) is 0. The molecule has 2 aliphatic heterocycles. The van der Waals surface area contributed by atoms with E-state index >= 15 is 0 Å². The van der Waals surface area contributed by atoms with Crippen molar-refractivity contribution in [1.82, 2.24) is 20.4 Å². The van der Waals surface area contributed by atoms with E-state index < -0.39 is 0 Å². The van der Waals surface area contributed by atoms with Crippen molar-refractivity contribution in [3.63, 3.8) is 0 Å². The number of rotatable bonds is 6. The fourth-order valence-electron chi connectivity index (χ4n) is 3.00. The van der Waals surface area contributed by atoms with Crippen LogP contribution in [0.4, 0.5) is 0 Å². The van der Waals surface area contributed by atoms with Crippen LogP contribution in [0.15, 0.2) is 0 Å². The predicted octanol–water partition coefficient (Wildman–Crippen LogP) is -0.264. The van der Waals surface area contributed by atoms with E-state index in [1.807, 2.05) is 4.90 Å². The van der Waals surface area contributed by atoms with Crippen molar-refractivity contribution >= 4 is 36.6 Å². The lowest BCUT2D eigenvalue weighted by Gasteiger charge is -2.36. The number of hydrogen-bond acceptors (Lipinski definition) is 5. The molecule has 24 heavy (non-hydrogen) atoms. The molecule has 1 atom stereocenters. The normalized spacial score (nSPS) is 21.4. The average Bonchev–Trinajstić information content (AvgIpc) is 2.56. The van der Waals surface area contributed by atoms with Crippen molar-refractivity contribution in [3.8, 4) is 0 Å². The van der Waals surface area contributed by atoms with Gasteiger partial charge in [0, 0.05) is 46.4 Å². The Labute approximate surface area is 156 Å². The van der Waals surface area contributed by atoms with Gasteiger partial charge in [0.25, 0.3) is 0 Å². The molecule has 2 saturated heterocycles. The first-order valence-corrected chi connectivity index (χ1v) is 8.18. The first-order valence-electron chi connectivity index (χ1n) is 8.18. The monoisotopic (exact) mass is 384 g/mol. The van der Waals surface area contributed by atoms with Gasteiger partial charge in [-0.2, -0.15) is 0 Å². The Morgan fingerprint density at radius 1 is 1.21 bits per heavy atom. The lowest BCUT2D eigenvalue weighted by atomic mass is 9.98. The van der Waals surface area contributed by atoms with Gasteiger partial charge in [0.2, 0.25) is 11.8 Å². The average molecular weight is 385 g/mol. The highest BCUT2D eigenvalue weighted by Crippen LogP contribution is 2.14. The summed E-state index contributed by atoms with van der Waals surface area (Å²) in [5.74, 6) is 0.433. The molecular weight excluding hydrogens is 355 g/mol. The number of piperazine rings is 1. The van der Waals surface area contributed by atoms with Crippen LogP contribution in [0.5, 0.6) is 0 Å². The Balaban J connectivity index is 0.00000264. The predicted molar refractivity (Wildman–Crippen MR) is 98.0 cm³/mol. The van der Waals surface area contributed by atoms with Crippen LogP contribution in [0.25, 0.3) is 0 Å². The molecular formula is C15H30Cl2N4O3. The summed E-state index contributed by atoms with van der Waals surface area (Å²) < 4.78 is 4.90. The van der Waals surface area contributed by atoms with Crippen molar-refractivity contribution in [3.05, 3.63) is 0 Å². The summed E-state index contributed by atoms with van der Waals surface area (Å²) >= 11 is 0. The lowest BCUT2D eigenvalue weighted by Crippen LogP contribution is -2.53. The fourth-order valence-corrected chi connectivity index (χ4v) is 3.00. The van der Waals surface area contributed by atoms with Gasteiger partial charge in [-0.15, -0.1) is 24.8 Å². The van der Waals surface area contributed by atoms with E-state index in [9.17, 15) is 9.59 Å². The largest absolute Gasteiger partial charge is 0.383 e. The minimum atomic E-state index is 0. The van der Waals surface area contributed by atoms with Gasteiger partial charge in [0.15, 0.2) is 0 Å². The molecule has 0 saturated carbocycles. The summed E-state index contributed by atoms with van der Waals surface area (Å²) in [7, 11) is 1.62. The van der Waals surface area contributed by atoms with Gasteiger partial charge >= 0.3 is 0 Å². The number of ether oxygens (including phenoxy) is 1. The molecule has 7 nitrogen and oxygen atoms in total. The third-order valence-electron chi connectivity index (χ3n) is 4.33. The number of carbonyl (C=O) groups excluding carboxylic acids is 2. The summed E-state index contributed by atoms with van der Waals surface area (Å²) in [6.07, 6.45) is 2.08. The maximum atomic E-state index is 12.4. The second-order valence-corrected chi connectivity index (χ2v) is 5.99. The van der Waals surface area contributed by atoms with Crippen LogP contribution < -0.4 is 10.6 Å². The number of halogens is 2. The van der Waals surface area contributed by atoms with E-state index in [1.54, 1.807) is 7.11 Å². The van der Waals surface area contributed by atoms with Crippen LogP contribution in [0.2, 0.25) is 0 Å². The van der Waals surface area contributed by atoms with Gasteiger partial charge < -0.3 is 20.3 Å². The summed E-state index contributed by atoms with van der Waals surface area (Å²) in [5, 5.41) is 6.12. The molecule has 2 rings (SSSR count). The number of methoxy groups -OCH3 is 1. The van der Waals surface area contributed by atoms with E-state index in [0.29, 0.717) is 19.7 Å². The maximum absolute atomic E-state index is 12.4. The van der Waals surface area contributed by atoms with Crippen molar-refractivity contribution in [2.45, 2.75) is 12.8 Å². The Morgan fingerprint density at radius 3 is 2.50 bits per heavy atom. The molecule has 9 heteroatoms. The number of amides is 2. The number of nitrogens with zero attached hydrogens (tertiary/aromatic N) is 2. The van der Waals surface area contributed by atoms with Gasteiger partial charge in [-0.1, -0.05) is 0 Å². The van der Waals surface area contributed by atoms with E-state index in [4.69, 9.17) is 4.74 Å². The first-order chi connectivity index (χ1) is 10.7. The molecule has 2 amide bonds. The zero-order valence-electron chi connectivity index (χ0n) is 14.3. The summed E-state index contributed by atoms with van der Waals surface area (Å²) in [6.45, 7) is 6.29. The Bertz CT molecular complexity index is 374. The van der Waals surface area contributed by atoms with E-state index in [1.165, 1.54) is 0 Å². The van der Waals surface area contributed by atoms with Crippen molar-refractivity contribution in [2.24, 2.45) is 5.92 Å². The van der Waals surface area contributed by atoms with Crippen LogP contribution in [0.3, 0.4) is 0 Å². The van der Waals surface area contributed by atoms with Crippen molar-refractivity contribution in [2.75, 3.05) is 66.1 Å². The molecule has 0 spiro atoms. The molecule has 2 aliphatic rings. The molecule has 0 aromatic heterocycles. The quantitative estimate of drug-likeness (QED) is 0.617. The second kappa shape index (κ2) is 12.7. The molecule has 0 aliphatic carbocycles. The van der Waals surface area contributed by atoms with Crippen LogP contribution in [0.1, 0.15) is 12.8 Å². The summed E-state index contributed by atoms with van der Waals surface area (Å²) in [5.41, 5.74) is 0. The van der Waals surface area contributed by atoms with Gasteiger partial charge in [-0.3, -0.25) is 14.5 Å². The Morgan fingerprint density at radius 2 is 1.92 bits per heavy atom. The fraction of sp³-hybridized carbons (Fsp3) is 0.867. The number of nitrogens with one attached hydrogen (secondary N) is 2. The number of piperidine rings is 1. The molecule has 0 bridgehead atoms. The molecule has 0 aromatic rings. The minimum Gasteiger partial charge on any atom is -0.383 e. The first kappa shape index (κ1) is 23.4. The van der Waals surface area contributed by atoms with Crippen LogP contribution in [0, 0.1) is 5.92 Å². The van der Waals surface area contributed by atoms with Crippen molar-refractivity contribution in [1.29, 1.82) is 0 Å². The molecule has 0 aromatic carbocycles. The molecule has 2 heterocycles. The van der Waals surface area contributed by atoms with E-state index in [0.717, 1.165) is 52.1 Å². The number of hydrogen-bond donors (Lipinski definition) is 2. The molecule has 2 N–H and O–H groups in total. The standard InChI is InChI=1S/C15H28N4O3.2ClH/c1-22-10-5-17-14(20)12-18-6-8-19(9-7-18)15(21)13-3-2-4-16-11-13;;/h13,16H,2-12H2,1H3,(H,17,20);2*1H. The van der Waals surface area contributed by atoms with Gasteiger partial charge in [0.05, 0.1) is 19.1 Å². The van der Waals surface area contributed by atoms with Crippen LogP contribution in [-0.4, -0.2) is 87.7 Å². The SMILES string of the molecule is COCCNC(=O)CN1CCN(C(=O)C2CCCNC2)CC1.Cl.Cl. The maximum Gasteiger partial charge on any atom is 0.234 e. The molecule has 142 valence electrons. The third-order valence-corrected chi connectivity index (χ3v) is 4.33. The van der Waals surface area contributed by atoms with E-state index in [2.05, 4.69) is 15.5 Å². The van der Waals surface area contributed by atoms with E-state index in [-0.39, 0.29) is 42.5 Å². The van der Waals surface area contributed by atoms with Gasteiger partial charge in [-0.25, -0.2) is 0 Å². The molecule has 0 radical (unpaired) electrons. The van der Waals surface area contributed by atoms with Gasteiger partial charge in [0.1, 0.15) is 0 Å². The number of carbonyl (C=O) groups is 2. The molecule has 2 fully saturated rings.